The molecule has 0 bridgehead atoms. The average Bonchev–Trinajstić information content (AvgIpc) is 2.78. The van der Waals surface area contributed by atoms with E-state index >= 15 is 0 Å². The van der Waals surface area contributed by atoms with Crippen LogP contribution in [-0.2, 0) is 6.54 Å². The van der Waals surface area contributed by atoms with Crippen LogP contribution in [-0.4, -0.2) is 35.5 Å². The van der Waals surface area contributed by atoms with Crippen molar-refractivity contribution in [3.8, 4) is 0 Å². The van der Waals surface area contributed by atoms with Crippen molar-refractivity contribution in [1.29, 1.82) is 0 Å². The highest BCUT2D eigenvalue weighted by Gasteiger charge is 2.21. The highest BCUT2D eigenvalue weighted by atomic mass is 35.5. The molecule has 0 saturated heterocycles. The summed E-state index contributed by atoms with van der Waals surface area (Å²) in [6, 6.07) is 0. The third kappa shape index (κ3) is 2.42. The Kier molecular flexibility index (Phi) is 3.05. The first-order valence-corrected chi connectivity index (χ1v) is 4.67. The van der Waals surface area contributed by atoms with Gasteiger partial charge >= 0.3 is 5.69 Å². The minimum Gasteiger partial charge on any atom is -0.357 e. The van der Waals surface area contributed by atoms with Crippen LogP contribution in [0.2, 0.25) is 5.15 Å². The molecule has 2 heterocycles. The number of hydrogen-bond acceptors (Lipinski definition) is 8. The topological polar surface area (TPSA) is 135 Å². The highest BCUT2D eigenvalue weighted by Crippen LogP contribution is 2.28. The zero-order valence-corrected chi connectivity index (χ0v) is 8.92. The average molecular weight is 257 g/mol. The molecule has 2 aromatic heterocycles. The summed E-state index contributed by atoms with van der Waals surface area (Å²) in [6.45, 7) is 0.130. The van der Waals surface area contributed by atoms with E-state index in [1.54, 1.807) is 0 Å². The molecule has 0 spiro atoms. The minimum atomic E-state index is -0.666. The fourth-order valence-corrected chi connectivity index (χ4v) is 1.27. The van der Waals surface area contributed by atoms with Crippen molar-refractivity contribution in [2.75, 3.05) is 5.32 Å². The first-order valence-electron chi connectivity index (χ1n) is 4.29. The summed E-state index contributed by atoms with van der Waals surface area (Å²) in [7, 11) is 0. The van der Waals surface area contributed by atoms with E-state index in [9.17, 15) is 10.1 Å². The lowest BCUT2D eigenvalue weighted by atomic mass is 10.4. The SMILES string of the molecule is O=[N+]([O-])c1c(Cl)ncnc1NCc1nn[nH]n1. The van der Waals surface area contributed by atoms with Gasteiger partial charge in [-0.1, -0.05) is 16.8 Å². The smallest absolute Gasteiger partial charge is 0.348 e. The largest absolute Gasteiger partial charge is 0.357 e. The number of rotatable bonds is 4. The third-order valence-electron chi connectivity index (χ3n) is 1.76. The lowest BCUT2D eigenvalue weighted by molar-refractivity contribution is -0.384. The van der Waals surface area contributed by atoms with Crippen molar-refractivity contribution in [1.82, 2.24) is 30.6 Å². The van der Waals surface area contributed by atoms with Crippen LogP contribution in [0, 0.1) is 10.1 Å². The molecule has 2 aromatic rings. The van der Waals surface area contributed by atoms with Gasteiger partial charge in [0.05, 0.1) is 11.5 Å². The van der Waals surface area contributed by atoms with Gasteiger partial charge in [0.25, 0.3) is 0 Å². The van der Waals surface area contributed by atoms with E-state index in [4.69, 9.17) is 11.6 Å². The summed E-state index contributed by atoms with van der Waals surface area (Å²) in [4.78, 5) is 17.3. The fourth-order valence-electron chi connectivity index (χ4n) is 1.07. The molecule has 2 rings (SSSR count). The molecular formula is C6H5ClN8O2. The zero-order chi connectivity index (χ0) is 12.3. The van der Waals surface area contributed by atoms with Crippen molar-refractivity contribution in [2.24, 2.45) is 0 Å². The van der Waals surface area contributed by atoms with Gasteiger partial charge in [0.1, 0.15) is 6.33 Å². The monoisotopic (exact) mass is 256 g/mol. The van der Waals surface area contributed by atoms with Crippen LogP contribution < -0.4 is 5.32 Å². The zero-order valence-electron chi connectivity index (χ0n) is 8.16. The lowest BCUT2D eigenvalue weighted by Gasteiger charge is -2.03. The molecule has 10 nitrogen and oxygen atoms in total. The molecule has 2 N–H and O–H groups in total. The Labute approximate surface area is 98.6 Å². The Morgan fingerprint density at radius 3 is 3.00 bits per heavy atom. The Bertz CT molecular complexity index is 529. The first-order chi connectivity index (χ1) is 8.18. The lowest BCUT2D eigenvalue weighted by Crippen LogP contribution is -2.07. The number of halogens is 1. The summed E-state index contributed by atoms with van der Waals surface area (Å²) in [5.41, 5.74) is -0.391. The summed E-state index contributed by atoms with van der Waals surface area (Å²) in [5.74, 6) is 0.342. The standard InChI is InChI=1S/C6H5ClN8O2/c7-5-4(15(16)17)6(10-2-9-5)8-1-3-11-13-14-12-3/h2H,1H2,(H,8,9,10)(H,11,12,13,14). The molecule has 0 unspecified atom stereocenters. The summed E-state index contributed by atoms with van der Waals surface area (Å²) in [6.07, 6.45) is 1.12. The molecule has 17 heavy (non-hydrogen) atoms. The Morgan fingerprint density at radius 2 is 2.35 bits per heavy atom. The van der Waals surface area contributed by atoms with E-state index in [2.05, 4.69) is 35.9 Å². The second kappa shape index (κ2) is 4.65. The van der Waals surface area contributed by atoms with E-state index in [1.165, 1.54) is 0 Å². The molecule has 0 aliphatic carbocycles. The predicted molar refractivity (Wildman–Crippen MR) is 55.2 cm³/mol. The van der Waals surface area contributed by atoms with Crippen LogP contribution in [0.3, 0.4) is 0 Å². The highest BCUT2D eigenvalue weighted by molar-refractivity contribution is 6.31. The first kappa shape index (κ1) is 11.1. The number of aromatic amines is 1. The van der Waals surface area contributed by atoms with Gasteiger partial charge in [-0.3, -0.25) is 10.1 Å². The number of nitrogens with one attached hydrogen (secondary N) is 2. The van der Waals surface area contributed by atoms with Crippen molar-refractivity contribution >= 4 is 23.1 Å². The fraction of sp³-hybridized carbons (Fsp3) is 0.167. The number of tetrazole rings is 1. The van der Waals surface area contributed by atoms with E-state index in [1.807, 2.05) is 0 Å². The second-order valence-electron chi connectivity index (χ2n) is 2.80. The van der Waals surface area contributed by atoms with Crippen LogP contribution in [0.15, 0.2) is 6.33 Å². The van der Waals surface area contributed by atoms with Crippen molar-refractivity contribution < 1.29 is 4.92 Å². The Morgan fingerprint density at radius 1 is 1.53 bits per heavy atom. The van der Waals surface area contributed by atoms with Gasteiger partial charge in [-0.25, -0.2) is 9.97 Å². The van der Waals surface area contributed by atoms with Gasteiger partial charge in [0.2, 0.25) is 11.0 Å². The molecule has 0 aliphatic heterocycles. The van der Waals surface area contributed by atoms with Crippen LogP contribution in [0.25, 0.3) is 0 Å². The minimum absolute atomic E-state index is 0.000185. The third-order valence-corrected chi connectivity index (χ3v) is 2.04. The van der Waals surface area contributed by atoms with Crippen LogP contribution in [0.1, 0.15) is 5.82 Å². The molecule has 0 saturated carbocycles. The quantitative estimate of drug-likeness (QED) is 0.449. The van der Waals surface area contributed by atoms with E-state index in [0.29, 0.717) is 5.82 Å². The number of nitrogens with zero attached hydrogens (tertiary/aromatic N) is 6. The van der Waals surface area contributed by atoms with Crippen molar-refractivity contribution in [3.05, 3.63) is 27.4 Å². The van der Waals surface area contributed by atoms with E-state index in [-0.39, 0.29) is 17.5 Å². The van der Waals surface area contributed by atoms with E-state index in [0.717, 1.165) is 6.33 Å². The number of nitro groups is 1. The molecule has 88 valence electrons. The Hall–Kier alpha value is -2.36. The number of H-pyrrole nitrogens is 1. The van der Waals surface area contributed by atoms with E-state index < -0.39 is 10.6 Å². The van der Waals surface area contributed by atoms with Gasteiger partial charge in [-0.2, -0.15) is 5.21 Å². The molecular weight excluding hydrogens is 252 g/mol. The van der Waals surface area contributed by atoms with Gasteiger partial charge in [-0.15, -0.1) is 10.2 Å². The van der Waals surface area contributed by atoms with Crippen LogP contribution in [0.5, 0.6) is 0 Å². The maximum absolute atomic E-state index is 10.8. The maximum atomic E-state index is 10.8. The molecule has 0 aromatic carbocycles. The summed E-state index contributed by atoms with van der Waals surface area (Å²) >= 11 is 5.60. The maximum Gasteiger partial charge on any atom is 0.348 e. The second-order valence-corrected chi connectivity index (χ2v) is 3.16. The van der Waals surface area contributed by atoms with Crippen LogP contribution in [0.4, 0.5) is 11.5 Å². The normalized spacial score (nSPS) is 10.2. The number of anilines is 1. The molecule has 0 aliphatic rings. The van der Waals surface area contributed by atoms with Gasteiger partial charge in [0, 0.05) is 0 Å². The predicted octanol–water partition coefficient (Wildman–Crippen LogP) is 0.163. The molecule has 0 radical (unpaired) electrons. The molecule has 0 amide bonds. The summed E-state index contributed by atoms with van der Waals surface area (Å²) in [5, 5.41) is 26.1. The number of aromatic nitrogens is 6. The van der Waals surface area contributed by atoms with Crippen molar-refractivity contribution in [2.45, 2.75) is 6.54 Å². The van der Waals surface area contributed by atoms with Gasteiger partial charge in [-0.05, 0) is 0 Å². The molecule has 11 heteroatoms. The molecule has 0 atom stereocenters. The number of hydrogen-bond donors (Lipinski definition) is 2. The Balaban J connectivity index is 2.21. The van der Waals surface area contributed by atoms with Gasteiger partial charge in [0.15, 0.2) is 5.82 Å². The van der Waals surface area contributed by atoms with Gasteiger partial charge < -0.3 is 5.32 Å². The molecule has 0 fully saturated rings. The van der Waals surface area contributed by atoms with Crippen LogP contribution >= 0.6 is 11.6 Å². The van der Waals surface area contributed by atoms with Crippen molar-refractivity contribution in [3.63, 3.8) is 0 Å². The summed E-state index contributed by atoms with van der Waals surface area (Å²) < 4.78 is 0.